The second-order valence-electron chi connectivity index (χ2n) is 3.77. The smallest absolute Gasteiger partial charge is 0.327 e. The van der Waals surface area contributed by atoms with E-state index in [1.54, 1.807) is 13.8 Å². The van der Waals surface area contributed by atoms with Gasteiger partial charge in [0.15, 0.2) is 0 Å². The summed E-state index contributed by atoms with van der Waals surface area (Å²) >= 11 is 0. The molecule has 1 nitrogen and oxygen atoms in total. The standard InChI is InChI=1S/C7H12F3N/c1-6(2)4(5(6)11)3-7(8,9)10/h4-5H,3,11H2,1-2H3/t4-,5-/m1/s1. The first-order chi connectivity index (χ1) is 4.75. The first-order valence-electron chi connectivity index (χ1n) is 3.57. The maximum Gasteiger partial charge on any atom is 0.389 e. The van der Waals surface area contributed by atoms with Gasteiger partial charge < -0.3 is 5.73 Å². The molecule has 0 aromatic heterocycles. The van der Waals surface area contributed by atoms with Crippen LogP contribution in [0.25, 0.3) is 0 Å². The summed E-state index contributed by atoms with van der Waals surface area (Å²) in [6, 6.07) is -0.274. The van der Waals surface area contributed by atoms with Gasteiger partial charge in [0.05, 0.1) is 0 Å². The zero-order valence-electron chi connectivity index (χ0n) is 6.57. The van der Waals surface area contributed by atoms with Crippen molar-refractivity contribution in [2.24, 2.45) is 17.1 Å². The Morgan fingerprint density at radius 2 is 1.73 bits per heavy atom. The summed E-state index contributed by atoms with van der Waals surface area (Å²) in [6.45, 7) is 3.54. The molecule has 0 radical (unpaired) electrons. The number of halogens is 3. The Morgan fingerprint density at radius 1 is 1.36 bits per heavy atom. The van der Waals surface area contributed by atoms with Crippen LogP contribution in [0.1, 0.15) is 20.3 Å². The van der Waals surface area contributed by atoms with Crippen molar-refractivity contribution in [1.29, 1.82) is 0 Å². The van der Waals surface area contributed by atoms with Crippen LogP contribution in [0, 0.1) is 11.3 Å². The fourth-order valence-electron chi connectivity index (χ4n) is 1.43. The number of rotatable bonds is 1. The third-order valence-electron chi connectivity index (χ3n) is 2.59. The summed E-state index contributed by atoms with van der Waals surface area (Å²) in [5, 5.41) is 0. The van der Waals surface area contributed by atoms with E-state index in [0.717, 1.165) is 0 Å². The monoisotopic (exact) mass is 167 g/mol. The molecule has 4 heteroatoms. The Labute approximate surface area is 63.8 Å². The zero-order valence-corrected chi connectivity index (χ0v) is 6.57. The van der Waals surface area contributed by atoms with E-state index < -0.39 is 12.6 Å². The van der Waals surface area contributed by atoms with Gasteiger partial charge in [0, 0.05) is 12.5 Å². The molecule has 0 bridgehead atoms. The first kappa shape index (κ1) is 8.84. The summed E-state index contributed by atoms with van der Waals surface area (Å²) in [5.41, 5.74) is 5.14. The molecule has 0 aromatic carbocycles. The van der Waals surface area contributed by atoms with E-state index in [4.69, 9.17) is 5.73 Å². The molecule has 0 amide bonds. The van der Waals surface area contributed by atoms with Gasteiger partial charge in [-0.05, 0) is 11.3 Å². The summed E-state index contributed by atoms with van der Waals surface area (Å²) in [4.78, 5) is 0. The van der Waals surface area contributed by atoms with Gasteiger partial charge in [-0.3, -0.25) is 0 Å². The van der Waals surface area contributed by atoms with Crippen molar-refractivity contribution in [2.75, 3.05) is 0 Å². The van der Waals surface area contributed by atoms with Gasteiger partial charge in [-0.25, -0.2) is 0 Å². The molecule has 0 spiro atoms. The van der Waals surface area contributed by atoms with Crippen LogP contribution in [0.5, 0.6) is 0 Å². The van der Waals surface area contributed by atoms with Gasteiger partial charge in [0.2, 0.25) is 0 Å². The third-order valence-corrected chi connectivity index (χ3v) is 2.59. The van der Waals surface area contributed by atoms with Crippen LogP contribution in [-0.2, 0) is 0 Å². The van der Waals surface area contributed by atoms with E-state index in [9.17, 15) is 13.2 Å². The molecule has 0 saturated heterocycles. The van der Waals surface area contributed by atoms with Gasteiger partial charge in [-0.2, -0.15) is 13.2 Å². The highest BCUT2D eigenvalue weighted by molar-refractivity contribution is 5.09. The van der Waals surface area contributed by atoms with Crippen LogP contribution in [0.3, 0.4) is 0 Å². The molecule has 1 aliphatic carbocycles. The lowest BCUT2D eigenvalue weighted by atomic mass is 10.1. The molecular formula is C7H12F3N. The molecule has 66 valence electrons. The highest BCUT2D eigenvalue weighted by Crippen LogP contribution is 2.54. The zero-order chi connectivity index (χ0) is 8.86. The number of nitrogens with two attached hydrogens (primary N) is 1. The first-order valence-corrected chi connectivity index (χ1v) is 3.57. The second kappa shape index (κ2) is 2.12. The van der Waals surface area contributed by atoms with E-state index >= 15 is 0 Å². The molecule has 1 fully saturated rings. The van der Waals surface area contributed by atoms with Crippen molar-refractivity contribution >= 4 is 0 Å². The van der Waals surface area contributed by atoms with E-state index in [0.29, 0.717) is 0 Å². The van der Waals surface area contributed by atoms with E-state index in [1.807, 2.05) is 0 Å². The largest absolute Gasteiger partial charge is 0.389 e. The SMILES string of the molecule is CC1(C)[C@H](N)[C@H]1CC(F)(F)F. The van der Waals surface area contributed by atoms with Crippen LogP contribution in [0.2, 0.25) is 0 Å². The number of hydrogen-bond acceptors (Lipinski definition) is 1. The Hall–Kier alpha value is -0.250. The van der Waals surface area contributed by atoms with E-state index in [-0.39, 0.29) is 17.4 Å². The summed E-state index contributed by atoms with van der Waals surface area (Å²) in [6.07, 6.45) is -4.79. The maximum absolute atomic E-state index is 11.8. The van der Waals surface area contributed by atoms with Crippen molar-refractivity contribution in [3.8, 4) is 0 Å². The lowest BCUT2D eigenvalue weighted by Gasteiger charge is -2.05. The van der Waals surface area contributed by atoms with Crippen molar-refractivity contribution < 1.29 is 13.2 Å². The molecule has 11 heavy (non-hydrogen) atoms. The topological polar surface area (TPSA) is 26.0 Å². The van der Waals surface area contributed by atoms with Gasteiger partial charge in [0.1, 0.15) is 0 Å². The highest BCUT2D eigenvalue weighted by Gasteiger charge is 2.58. The minimum absolute atomic E-state index is 0.274. The van der Waals surface area contributed by atoms with Gasteiger partial charge in [-0.15, -0.1) is 0 Å². The predicted octanol–water partition coefficient (Wildman–Crippen LogP) is 1.92. The van der Waals surface area contributed by atoms with Crippen molar-refractivity contribution in [2.45, 2.75) is 32.5 Å². The van der Waals surface area contributed by atoms with Gasteiger partial charge in [0.25, 0.3) is 0 Å². The van der Waals surface area contributed by atoms with Crippen LogP contribution < -0.4 is 5.73 Å². The van der Waals surface area contributed by atoms with E-state index in [1.165, 1.54) is 0 Å². The van der Waals surface area contributed by atoms with Crippen LogP contribution in [-0.4, -0.2) is 12.2 Å². The van der Waals surface area contributed by atoms with Gasteiger partial charge in [-0.1, -0.05) is 13.8 Å². The van der Waals surface area contributed by atoms with Crippen LogP contribution in [0.4, 0.5) is 13.2 Å². The normalized spacial score (nSPS) is 35.5. The van der Waals surface area contributed by atoms with Crippen molar-refractivity contribution in [3.63, 3.8) is 0 Å². The van der Waals surface area contributed by atoms with Crippen LogP contribution in [0.15, 0.2) is 0 Å². The fraction of sp³-hybridized carbons (Fsp3) is 1.00. The van der Waals surface area contributed by atoms with Crippen molar-refractivity contribution in [3.05, 3.63) is 0 Å². The lowest BCUT2D eigenvalue weighted by Crippen LogP contribution is -2.12. The lowest BCUT2D eigenvalue weighted by molar-refractivity contribution is -0.140. The summed E-state index contributed by atoms with van der Waals surface area (Å²) in [7, 11) is 0. The Balaban J connectivity index is 2.44. The molecule has 0 aliphatic heterocycles. The maximum atomic E-state index is 11.8. The molecular weight excluding hydrogens is 155 g/mol. The number of alkyl halides is 3. The molecule has 0 unspecified atom stereocenters. The van der Waals surface area contributed by atoms with E-state index in [2.05, 4.69) is 0 Å². The molecule has 1 saturated carbocycles. The highest BCUT2D eigenvalue weighted by atomic mass is 19.4. The molecule has 1 aliphatic rings. The minimum Gasteiger partial charge on any atom is -0.327 e. The number of hydrogen-bond donors (Lipinski definition) is 1. The summed E-state index contributed by atoms with van der Waals surface area (Å²) in [5.74, 6) is -0.373. The Kier molecular flexibility index (Phi) is 1.71. The average molecular weight is 167 g/mol. The van der Waals surface area contributed by atoms with Crippen LogP contribution >= 0.6 is 0 Å². The molecule has 1 rings (SSSR count). The Bertz CT molecular complexity index is 162. The molecule has 2 N–H and O–H groups in total. The average Bonchev–Trinajstić information content (AvgIpc) is 2.14. The second-order valence-corrected chi connectivity index (χ2v) is 3.77. The quantitative estimate of drug-likeness (QED) is 0.634. The molecule has 2 atom stereocenters. The molecule has 0 aromatic rings. The third kappa shape index (κ3) is 1.67. The van der Waals surface area contributed by atoms with Gasteiger partial charge >= 0.3 is 6.18 Å². The Morgan fingerprint density at radius 3 is 1.82 bits per heavy atom. The van der Waals surface area contributed by atoms with Crippen molar-refractivity contribution in [1.82, 2.24) is 0 Å². The fourth-order valence-corrected chi connectivity index (χ4v) is 1.43. The minimum atomic E-state index is -4.06. The molecule has 0 heterocycles. The summed E-state index contributed by atoms with van der Waals surface area (Å²) < 4.78 is 35.4. The predicted molar refractivity (Wildman–Crippen MR) is 35.9 cm³/mol.